The van der Waals surface area contributed by atoms with Crippen LogP contribution in [-0.2, 0) is 6.18 Å². The molecular formula is C25H29F3N4O2. The van der Waals surface area contributed by atoms with Crippen molar-refractivity contribution in [3.63, 3.8) is 0 Å². The summed E-state index contributed by atoms with van der Waals surface area (Å²) in [4.78, 5) is 16.1. The molecule has 1 amide bonds. The lowest BCUT2D eigenvalue weighted by Crippen LogP contribution is -2.27. The number of nitrogens with one attached hydrogen (secondary N) is 1. The molecule has 2 heterocycles. The summed E-state index contributed by atoms with van der Waals surface area (Å²) in [5.41, 5.74) is -0.0807. The van der Waals surface area contributed by atoms with Gasteiger partial charge < -0.3 is 10.1 Å². The summed E-state index contributed by atoms with van der Waals surface area (Å²) < 4.78 is 46.3. The molecule has 182 valence electrons. The molecule has 4 rings (SSSR count). The van der Waals surface area contributed by atoms with E-state index in [1.54, 1.807) is 12.1 Å². The lowest BCUT2D eigenvalue weighted by atomic mass is 9.71. The number of methoxy groups -OCH3 is 1. The van der Waals surface area contributed by atoms with Gasteiger partial charge in [0.2, 0.25) is 0 Å². The number of nitrogens with zero attached hydrogens (tertiary/aromatic N) is 3. The van der Waals surface area contributed by atoms with E-state index in [0.29, 0.717) is 28.8 Å². The maximum Gasteiger partial charge on any atom is 0.433 e. The number of benzene rings is 1. The second-order valence-electron chi connectivity index (χ2n) is 9.95. The van der Waals surface area contributed by atoms with Crippen molar-refractivity contribution in [2.75, 3.05) is 12.4 Å². The van der Waals surface area contributed by atoms with Crippen LogP contribution in [0.25, 0.3) is 10.9 Å². The van der Waals surface area contributed by atoms with E-state index in [1.807, 2.05) is 10.9 Å². The zero-order valence-corrected chi connectivity index (χ0v) is 19.7. The molecule has 0 spiro atoms. The van der Waals surface area contributed by atoms with Crippen molar-refractivity contribution in [1.29, 1.82) is 0 Å². The van der Waals surface area contributed by atoms with Gasteiger partial charge in [-0.05, 0) is 55.2 Å². The third-order valence-corrected chi connectivity index (χ3v) is 6.66. The van der Waals surface area contributed by atoms with Gasteiger partial charge in [0.1, 0.15) is 17.1 Å². The van der Waals surface area contributed by atoms with E-state index in [4.69, 9.17) is 9.84 Å². The van der Waals surface area contributed by atoms with Crippen LogP contribution in [0.3, 0.4) is 0 Å². The number of pyridine rings is 1. The first-order valence-electron chi connectivity index (χ1n) is 11.4. The van der Waals surface area contributed by atoms with E-state index in [2.05, 4.69) is 31.1 Å². The van der Waals surface area contributed by atoms with Crippen LogP contribution in [0.5, 0.6) is 5.75 Å². The molecule has 34 heavy (non-hydrogen) atoms. The molecule has 6 nitrogen and oxygen atoms in total. The fraction of sp³-hybridized carbons (Fsp3) is 0.480. The molecule has 0 radical (unpaired) electrons. The van der Waals surface area contributed by atoms with Crippen molar-refractivity contribution in [3.05, 3.63) is 47.9 Å². The number of hydrogen-bond acceptors (Lipinski definition) is 4. The summed E-state index contributed by atoms with van der Waals surface area (Å²) in [5, 5.41) is 8.18. The van der Waals surface area contributed by atoms with Crippen LogP contribution in [0, 0.1) is 11.3 Å². The molecule has 1 N–H and O–H groups in total. The van der Waals surface area contributed by atoms with Gasteiger partial charge in [-0.25, -0.2) is 4.98 Å². The Balaban J connectivity index is 1.56. The SMILES string of the molecule is COc1cc2nn(C3CCC(C(C)(C)C)CC3)cc2cc1NC(=O)c1cccc(C(F)(F)F)n1. The van der Waals surface area contributed by atoms with E-state index in [-0.39, 0.29) is 5.69 Å². The Morgan fingerprint density at radius 2 is 1.82 bits per heavy atom. The minimum Gasteiger partial charge on any atom is -0.494 e. The summed E-state index contributed by atoms with van der Waals surface area (Å²) in [6.07, 6.45) is 1.73. The Labute approximate surface area is 196 Å². The first-order valence-corrected chi connectivity index (χ1v) is 11.4. The fourth-order valence-corrected chi connectivity index (χ4v) is 4.64. The van der Waals surface area contributed by atoms with Crippen LogP contribution in [0.1, 0.15) is 68.7 Å². The lowest BCUT2D eigenvalue weighted by Gasteiger charge is -2.37. The van der Waals surface area contributed by atoms with Gasteiger partial charge in [-0.1, -0.05) is 26.8 Å². The highest BCUT2D eigenvalue weighted by Gasteiger charge is 2.33. The van der Waals surface area contributed by atoms with Gasteiger partial charge >= 0.3 is 6.18 Å². The topological polar surface area (TPSA) is 69.0 Å². The van der Waals surface area contributed by atoms with Crippen molar-refractivity contribution in [1.82, 2.24) is 14.8 Å². The van der Waals surface area contributed by atoms with E-state index >= 15 is 0 Å². The van der Waals surface area contributed by atoms with Crippen molar-refractivity contribution < 1.29 is 22.7 Å². The summed E-state index contributed by atoms with van der Waals surface area (Å²) >= 11 is 0. The second-order valence-corrected chi connectivity index (χ2v) is 9.95. The number of carbonyl (C=O) groups is 1. The number of alkyl halides is 3. The molecule has 0 aliphatic heterocycles. The molecule has 0 unspecified atom stereocenters. The predicted octanol–water partition coefficient (Wildman–Crippen LogP) is 6.49. The number of fused-ring (bicyclic) bond motifs is 1. The van der Waals surface area contributed by atoms with Gasteiger partial charge in [-0.2, -0.15) is 18.3 Å². The number of rotatable bonds is 4. The Morgan fingerprint density at radius 3 is 2.44 bits per heavy atom. The van der Waals surface area contributed by atoms with Gasteiger partial charge in [0.25, 0.3) is 5.91 Å². The van der Waals surface area contributed by atoms with Gasteiger partial charge in [0, 0.05) is 17.6 Å². The number of anilines is 1. The molecule has 0 bridgehead atoms. The monoisotopic (exact) mass is 474 g/mol. The molecule has 1 aliphatic rings. The molecule has 1 aliphatic carbocycles. The standard InChI is InChI=1S/C25H29F3N4O2/c1-24(2,3)16-8-10-17(11-9-16)32-14-15-12-20(21(34-4)13-19(15)31-32)30-23(33)18-6-5-7-22(29-18)25(26,27)28/h5-7,12-14,16-17H,8-11H2,1-4H3,(H,30,33). The molecule has 0 saturated heterocycles. The summed E-state index contributed by atoms with van der Waals surface area (Å²) in [6.45, 7) is 6.87. The molecule has 0 atom stereocenters. The molecule has 3 aromatic rings. The van der Waals surface area contributed by atoms with E-state index < -0.39 is 17.8 Å². The largest absolute Gasteiger partial charge is 0.494 e. The molecule has 9 heteroatoms. The number of carbonyl (C=O) groups excluding carboxylic acids is 1. The Bertz CT molecular complexity index is 1190. The van der Waals surface area contributed by atoms with Gasteiger partial charge in [-0.15, -0.1) is 0 Å². The van der Waals surface area contributed by atoms with Gasteiger partial charge in [0.05, 0.1) is 24.4 Å². The average Bonchev–Trinajstić information content (AvgIpc) is 3.20. The van der Waals surface area contributed by atoms with Crippen molar-refractivity contribution >= 4 is 22.5 Å². The number of hydrogen-bond donors (Lipinski definition) is 1. The minimum absolute atomic E-state index is 0.300. The predicted molar refractivity (Wildman–Crippen MR) is 124 cm³/mol. The zero-order valence-electron chi connectivity index (χ0n) is 19.7. The maximum atomic E-state index is 13.0. The quantitative estimate of drug-likeness (QED) is 0.469. The van der Waals surface area contributed by atoms with Crippen molar-refractivity contribution in [3.8, 4) is 5.75 Å². The third-order valence-electron chi connectivity index (χ3n) is 6.66. The Morgan fingerprint density at radius 1 is 1.12 bits per heavy atom. The fourth-order valence-electron chi connectivity index (χ4n) is 4.64. The first kappa shape index (κ1) is 24.0. The van der Waals surface area contributed by atoms with Crippen LogP contribution in [0.15, 0.2) is 36.5 Å². The molecule has 1 aromatic carbocycles. The van der Waals surface area contributed by atoms with Crippen molar-refractivity contribution in [2.24, 2.45) is 11.3 Å². The molecule has 1 fully saturated rings. The van der Waals surface area contributed by atoms with Gasteiger partial charge in [0.15, 0.2) is 0 Å². The van der Waals surface area contributed by atoms with Crippen LogP contribution in [-0.4, -0.2) is 27.8 Å². The lowest BCUT2D eigenvalue weighted by molar-refractivity contribution is -0.141. The van der Waals surface area contributed by atoms with Crippen molar-refractivity contribution in [2.45, 2.75) is 58.7 Å². The van der Waals surface area contributed by atoms with Crippen LogP contribution in [0.4, 0.5) is 18.9 Å². The molecular weight excluding hydrogens is 445 g/mol. The van der Waals surface area contributed by atoms with Crippen LogP contribution < -0.4 is 10.1 Å². The smallest absolute Gasteiger partial charge is 0.433 e. The Hall–Kier alpha value is -3.10. The normalized spacial score (nSPS) is 19.3. The first-order chi connectivity index (χ1) is 16.0. The summed E-state index contributed by atoms with van der Waals surface area (Å²) in [6, 6.07) is 6.98. The Kier molecular flexibility index (Phi) is 6.31. The van der Waals surface area contributed by atoms with Crippen LogP contribution >= 0.6 is 0 Å². The number of aromatic nitrogens is 3. The second kappa shape index (κ2) is 8.92. The number of amides is 1. The number of halogens is 3. The minimum atomic E-state index is -4.63. The number of ether oxygens (including phenoxy) is 1. The van der Waals surface area contributed by atoms with E-state index in [1.165, 1.54) is 13.2 Å². The maximum absolute atomic E-state index is 13.0. The third kappa shape index (κ3) is 5.03. The van der Waals surface area contributed by atoms with Gasteiger partial charge in [-0.3, -0.25) is 9.48 Å². The highest BCUT2D eigenvalue weighted by Crippen LogP contribution is 2.42. The summed E-state index contributed by atoms with van der Waals surface area (Å²) in [7, 11) is 1.46. The van der Waals surface area contributed by atoms with E-state index in [9.17, 15) is 18.0 Å². The van der Waals surface area contributed by atoms with E-state index in [0.717, 1.165) is 48.7 Å². The van der Waals surface area contributed by atoms with Crippen LogP contribution in [0.2, 0.25) is 0 Å². The molecule has 2 aromatic heterocycles. The highest BCUT2D eigenvalue weighted by atomic mass is 19.4. The zero-order chi connectivity index (χ0) is 24.7. The average molecular weight is 475 g/mol. The highest BCUT2D eigenvalue weighted by molar-refractivity contribution is 6.05. The molecule has 1 saturated carbocycles. The summed E-state index contributed by atoms with van der Waals surface area (Å²) in [5.74, 6) is 0.311.